The maximum atomic E-state index is 13.6. The molecule has 0 spiro atoms. The van der Waals surface area contributed by atoms with Gasteiger partial charge in [0.1, 0.15) is 6.10 Å². The molecule has 0 aliphatic carbocycles. The van der Waals surface area contributed by atoms with Crippen molar-refractivity contribution in [3.05, 3.63) is 30.1 Å². The molecule has 0 saturated carbocycles. The van der Waals surface area contributed by atoms with Crippen LogP contribution >= 0.6 is 24.0 Å². The highest BCUT2D eigenvalue weighted by atomic mass is 127. The summed E-state index contributed by atoms with van der Waals surface area (Å²) in [6.45, 7) is 11.1. The quantitative estimate of drug-likeness (QED) is 0.220. The Hall–Kier alpha value is -1.09. The van der Waals surface area contributed by atoms with Gasteiger partial charge in [-0.25, -0.2) is 4.39 Å². The predicted molar refractivity (Wildman–Crippen MR) is 118 cm³/mol. The number of guanidine groups is 1. The normalized spacial score (nSPS) is 12.5. The molecule has 26 heavy (non-hydrogen) atoms. The Labute approximate surface area is 174 Å². The summed E-state index contributed by atoms with van der Waals surface area (Å²) in [5, 5.41) is 6.51. The van der Waals surface area contributed by atoms with Crippen molar-refractivity contribution in [2.24, 2.45) is 4.99 Å². The second-order valence-electron chi connectivity index (χ2n) is 5.97. The van der Waals surface area contributed by atoms with Gasteiger partial charge in [0.2, 0.25) is 0 Å². The number of unbranched alkanes of at least 4 members (excludes halogenated alkanes) is 1. The monoisotopic (exact) mass is 480 g/mol. The Bertz CT molecular complexity index is 512. The number of para-hydroxylation sites is 1. The third-order valence-electron chi connectivity index (χ3n) is 4.03. The molecule has 0 aliphatic heterocycles. The maximum absolute atomic E-state index is 13.6. The van der Waals surface area contributed by atoms with Crippen molar-refractivity contribution in [3.63, 3.8) is 0 Å². The number of aliphatic imine (C=N–C) groups is 1. The van der Waals surface area contributed by atoms with Gasteiger partial charge in [-0.05, 0) is 51.5 Å². The molecule has 0 radical (unpaired) electrons. The van der Waals surface area contributed by atoms with Crippen molar-refractivity contribution in [2.45, 2.75) is 39.7 Å². The summed E-state index contributed by atoms with van der Waals surface area (Å²) in [4.78, 5) is 6.63. The molecule has 7 heteroatoms. The summed E-state index contributed by atoms with van der Waals surface area (Å²) < 4.78 is 19.2. The first-order valence-corrected chi connectivity index (χ1v) is 9.18. The molecule has 5 nitrogen and oxygen atoms in total. The molecule has 0 heterocycles. The van der Waals surface area contributed by atoms with Crippen LogP contribution in [-0.4, -0.2) is 56.7 Å². The van der Waals surface area contributed by atoms with E-state index in [9.17, 15) is 4.39 Å². The van der Waals surface area contributed by atoms with Crippen molar-refractivity contribution in [1.82, 2.24) is 15.5 Å². The molecule has 1 aromatic rings. The van der Waals surface area contributed by atoms with E-state index in [0.717, 1.165) is 38.6 Å². The maximum Gasteiger partial charge on any atom is 0.191 e. The fourth-order valence-electron chi connectivity index (χ4n) is 2.47. The van der Waals surface area contributed by atoms with Gasteiger partial charge in [-0.15, -0.1) is 24.0 Å². The average Bonchev–Trinajstić information content (AvgIpc) is 2.62. The second kappa shape index (κ2) is 15.0. The standard InChI is InChI=1S/C19H33FN4O.HI/c1-5-24(6-2)14-10-9-13-22-19(21-4)23-15-16(3)25-18-12-8-7-11-17(18)20;/h7-8,11-12,16H,5-6,9-10,13-15H2,1-4H3,(H2,21,22,23);1H. The molecule has 0 bridgehead atoms. The first-order chi connectivity index (χ1) is 12.1. The van der Waals surface area contributed by atoms with Gasteiger partial charge in [0.25, 0.3) is 0 Å². The molecule has 0 aliphatic rings. The van der Waals surface area contributed by atoms with Gasteiger partial charge in [-0.2, -0.15) is 0 Å². The van der Waals surface area contributed by atoms with E-state index in [2.05, 4.69) is 34.4 Å². The highest BCUT2D eigenvalue weighted by Gasteiger charge is 2.08. The largest absolute Gasteiger partial charge is 0.486 e. The van der Waals surface area contributed by atoms with Crippen LogP contribution in [0.25, 0.3) is 0 Å². The lowest BCUT2D eigenvalue weighted by Crippen LogP contribution is -2.42. The van der Waals surface area contributed by atoms with Gasteiger partial charge < -0.3 is 20.3 Å². The Morgan fingerprint density at radius 3 is 2.50 bits per heavy atom. The Morgan fingerprint density at radius 2 is 1.88 bits per heavy atom. The van der Waals surface area contributed by atoms with Crippen LogP contribution in [0.15, 0.2) is 29.3 Å². The first kappa shape index (κ1) is 24.9. The zero-order valence-electron chi connectivity index (χ0n) is 16.4. The number of hydrogen-bond acceptors (Lipinski definition) is 3. The van der Waals surface area contributed by atoms with Crippen LogP contribution in [-0.2, 0) is 0 Å². The predicted octanol–water partition coefficient (Wildman–Crippen LogP) is 3.50. The molecule has 1 rings (SSSR count). The lowest BCUT2D eigenvalue weighted by molar-refractivity contribution is 0.214. The second-order valence-corrected chi connectivity index (χ2v) is 5.97. The minimum absolute atomic E-state index is 0. The van der Waals surface area contributed by atoms with E-state index >= 15 is 0 Å². The molecule has 1 aromatic carbocycles. The van der Waals surface area contributed by atoms with Crippen LogP contribution in [0, 0.1) is 5.82 Å². The summed E-state index contributed by atoms with van der Waals surface area (Å²) in [5.74, 6) is 0.674. The lowest BCUT2D eigenvalue weighted by atomic mass is 10.3. The van der Waals surface area contributed by atoms with Crippen LogP contribution in [0.1, 0.15) is 33.6 Å². The fourth-order valence-corrected chi connectivity index (χ4v) is 2.47. The number of rotatable bonds is 11. The molecule has 1 unspecified atom stereocenters. The zero-order valence-corrected chi connectivity index (χ0v) is 18.8. The van der Waals surface area contributed by atoms with E-state index in [-0.39, 0.29) is 41.6 Å². The molecular weight excluding hydrogens is 446 g/mol. The van der Waals surface area contributed by atoms with E-state index < -0.39 is 0 Å². The summed E-state index contributed by atoms with van der Waals surface area (Å²) in [6, 6.07) is 6.44. The van der Waals surface area contributed by atoms with Crippen molar-refractivity contribution < 1.29 is 9.13 Å². The Balaban J connectivity index is 0.00000625. The molecule has 0 fully saturated rings. The van der Waals surface area contributed by atoms with E-state index in [1.165, 1.54) is 12.5 Å². The van der Waals surface area contributed by atoms with Crippen molar-refractivity contribution >= 4 is 29.9 Å². The van der Waals surface area contributed by atoms with Crippen LogP contribution < -0.4 is 15.4 Å². The molecular formula is C19H34FIN4O. The third-order valence-corrected chi connectivity index (χ3v) is 4.03. The van der Waals surface area contributed by atoms with Crippen LogP contribution in [0.2, 0.25) is 0 Å². The molecule has 150 valence electrons. The molecule has 0 aromatic heterocycles. The fraction of sp³-hybridized carbons (Fsp3) is 0.632. The highest BCUT2D eigenvalue weighted by Crippen LogP contribution is 2.16. The van der Waals surface area contributed by atoms with Gasteiger partial charge in [-0.3, -0.25) is 4.99 Å². The summed E-state index contributed by atoms with van der Waals surface area (Å²) >= 11 is 0. The lowest BCUT2D eigenvalue weighted by Gasteiger charge is -2.19. The highest BCUT2D eigenvalue weighted by molar-refractivity contribution is 14.0. The van der Waals surface area contributed by atoms with E-state index in [4.69, 9.17) is 4.74 Å². The molecule has 0 saturated heterocycles. The molecule has 2 N–H and O–H groups in total. The Morgan fingerprint density at radius 1 is 1.19 bits per heavy atom. The minimum atomic E-state index is -0.343. The van der Waals surface area contributed by atoms with Crippen molar-refractivity contribution in [3.8, 4) is 5.75 Å². The average molecular weight is 480 g/mol. The van der Waals surface area contributed by atoms with Crippen LogP contribution in [0.5, 0.6) is 5.75 Å². The SMILES string of the molecule is CCN(CC)CCCCNC(=NC)NCC(C)Oc1ccccc1F.I. The van der Waals surface area contributed by atoms with Crippen molar-refractivity contribution in [1.29, 1.82) is 0 Å². The number of nitrogens with zero attached hydrogens (tertiary/aromatic N) is 2. The number of hydrogen-bond donors (Lipinski definition) is 2. The first-order valence-electron chi connectivity index (χ1n) is 9.18. The van der Waals surface area contributed by atoms with Gasteiger partial charge in [0.15, 0.2) is 17.5 Å². The number of halogens is 2. The van der Waals surface area contributed by atoms with Gasteiger partial charge >= 0.3 is 0 Å². The van der Waals surface area contributed by atoms with E-state index in [1.807, 2.05) is 6.92 Å². The summed E-state index contributed by atoms with van der Waals surface area (Å²) in [7, 11) is 1.74. The van der Waals surface area contributed by atoms with Gasteiger partial charge in [0, 0.05) is 13.6 Å². The Kier molecular flexibility index (Phi) is 14.4. The molecule has 0 amide bonds. The zero-order chi connectivity index (χ0) is 18.5. The number of benzene rings is 1. The van der Waals surface area contributed by atoms with Crippen LogP contribution in [0.3, 0.4) is 0 Å². The smallest absolute Gasteiger partial charge is 0.191 e. The van der Waals surface area contributed by atoms with E-state index in [1.54, 1.807) is 25.2 Å². The van der Waals surface area contributed by atoms with Gasteiger partial charge in [-0.1, -0.05) is 26.0 Å². The number of nitrogens with one attached hydrogen (secondary N) is 2. The minimum Gasteiger partial charge on any atom is -0.486 e. The van der Waals surface area contributed by atoms with Crippen LogP contribution in [0.4, 0.5) is 4.39 Å². The van der Waals surface area contributed by atoms with Gasteiger partial charge in [0.05, 0.1) is 6.54 Å². The topological polar surface area (TPSA) is 48.9 Å². The molecule has 1 atom stereocenters. The van der Waals surface area contributed by atoms with Crippen molar-refractivity contribution in [2.75, 3.05) is 39.8 Å². The number of ether oxygens (including phenoxy) is 1. The van der Waals surface area contributed by atoms with E-state index in [0.29, 0.717) is 6.54 Å². The summed E-state index contributed by atoms with van der Waals surface area (Å²) in [5.41, 5.74) is 0. The third kappa shape index (κ3) is 10.2. The summed E-state index contributed by atoms with van der Waals surface area (Å²) in [6.07, 6.45) is 2.09.